The molecule has 0 radical (unpaired) electrons. The second kappa shape index (κ2) is 7.64. The van der Waals surface area contributed by atoms with Gasteiger partial charge in [-0.3, -0.25) is 4.79 Å². The maximum absolute atomic E-state index is 12.7. The quantitative estimate of drug-likeness (QED) is 0.492. The van der Waals surface area contributed by atoms with Crippen LogP contribution in [-0.4, -0.2) is 15.7 Å². The van der Waals surface area contributed by atoms with Gasteiger partial charge in [0.25, 0.3) is 0 Å². The standard InChI is InChI=1S/C26H23N3O/c1-2-18-13-15-19(16-14-18)22-17-23(30)27-26-24(22)25(20-9-5-3-6-10-20)28-29(26)21-11-7-4-8-12-21/h3-16,22H,2,17H2,1H3,(H,27,30)/t22-/m0/s1. The van der Waals surface area contributed by atoms with Crippen LogP contribution in [0.1, 0.15) is 36.0 Å². The molecule has 0 aliphatic carbocycles. The van der Waals surface area contributed by atoms with Crippen molar-refractivity contribution in [1.82, 2.24) is 9.78 Å². The van der Waals surface area contributed by atoms with Crippen LogP contribution in [0.3, 0.4) is 0 Å². The van der Waals surface area contributed by atoms with Crippen molar-refractivity contribution in [3.05, 3.63) is 102 Å². The Balaban J connectivity index is 1.74. The number of nitrogens with zero attached hydrogens (tertiary/aromatic N) is 2. The molecule has 4 heteroatoms. The number of carbonyl (C=O) groups excluding carboxylic acids is 1. The Bertz CT molecular complexity index is 1180. The summed E-state index contributed by atoms with van der Waals surface area (Å²) in [6, 6.07) is 28.8. The molecule has 0 saturated heterocycles. The van der Waals surface area contributed by atoms with Crippen LogP contribution in [0, 0.1) is 0 Å². The highest BCUT2D eigenvalue weighted by molar-refractivity contribution is 5.96. The minimum absolute atomic E-state index is 0.0174. The van der Waals surface area contributed by atoms with E-state index >= 15 is 0 Å². The second-order valence-electron chi connectivity index (χ2n) is 7.62. The fourth-order valence-electron chi connectivity index (χ4n) is 4.19. The van der Waals surface area contributed by atoms with Crippen LogP contribution in [0.5, 0.6) is 0 Å². The number of benzene rings is 3. The molecule has 0 saturated carbocycles. The van der Waals surface area contributed by atoms with Gasteiger partial charge in [0.1, 0.15) is 5.82 Å². The van der Waals surface area contributed by atoms with Crippen molar-refractivity contribution in [1.29, 1.82) is 0 Å². The number of carbonyl (C=O) groups is 1. The van der Waals surface area contributed by atoms with E-state index in [2.05, 4.69) is 48.6 Å². The van der Waals surface area contributed by atoms with Crippen LogP contribution < -0.4 is 5.32 Å². The van der Waals surface area contributed by atoms with Crippen molar-refractivity contribution >= 4 is 11.7 Å². The van der Waals surface area contributed by atoms with Gasteiger partial charge in [0, 0.05) is 23.5 Å². The van der Waals surface area contributed by atoms with Gasteiger partial charge in [-0.2, -0.15) is 5.10 Å². The number of aromatic nitrogens is 2. The average molecular weight is 393 g/mol. The number of hydrogen-bond donors (Lipinski definition) is 1. The molecular formula is C26H23N3O. The Hall–Kier alpha value is -3.66. The van der Waals surface area contributed by atoms with Gasteiger partial charge in [-0.05, 0) is 29.7 Å². The molecule has 148 valence electrons. The van der Waals surface area contributed by atoms with Crippen LogP contribution >= 0.6 is 0 Å². The Morgan fingerprint density at radius 1 is 0.933 bits per heavy atom. The maximum atomic E-state index is 12.7. The lowest BCUT2D eigenvalue weighted by Gasteiger charge is -2.25. The molecule has 1 atom stereocenters. The second-order valence-corrected chi connectivity index (χ2v) is 7.62. The number of rotatable bonds is 4. The first kappa shape index (κ1) is 18.4. The minimum atomic E-state index is -0.0349. The molecule has 1 aromatic heterocycles. The van der Waals surface area contributed by atoms with Crippen molar-refractivity contribution < 1.29 is 4.79 Å². The highest BCUT2D eigenvalue weighted by atomic mass is 16.1. The third-order valence-corrected chi connectivity index (χ3v) is 5.76. The molecule has 1 aliphatic rings. The molecule has 0 unspecified atom stereocenters. The number of anilines is 1. The molecule has 0 bridgehead atoms. The lowest BCUT2D eigenvalue weighted by atomic mass is 9.84. The number of aryl methyl sites for hydroxylation is 1. The third kappa shape index (κ3) is 3.20. The van der Waals surface area contributed by atoms with Gasteiger partial charge in [-0.25, -0.2) is 4.68 Å². The van der Waals surface area contributed by atoms with E-state index in [0.29, 0.717) is 6.42 Å². The monoisotopic (exact) mass is 393 g/mol. The number of hydrogen-bond acceptors (Lipinski definition) is 2. The lowest BCUT2D eigenvalue weighted by molar-refractivity contribution is -0.116. The summed E-state index contributed by atoms with van der Waals surface area (Å²) in [6.07, 6.45) is 1.41. The molecule has 0 spiro atoms. The minimum Gasteiger partial charge on any atom is -0.310 e. The fourth-order valence-corrected chi connectivity index (χ4v) is 4.19. The Morgan fingerprint density at radius 3 is 2.27 bits per heavy atom. The first-order valence-corrected chi connectivity index (χ1v) is 10.4. The van der Waals surface area contributed by atoms with Crippen molar-refractivity contribution in [2.24, 2.45) is 0 Å². The number of nitrogens with one attached hydrogen (secondary N) is 1. The summed E-state index contributed by atoms with van der Waals surface area (Å²) in [7, 11) is 0. The zero-order valence-electron chi connectivity index (χ0n) is 16.9. The van der Waals surface area contributed by atoms with Gasteiger partial charge in [0.05, 0.1) is 11.4 Å². The zero-order chi connectivity index (χ0) is 20.5. The van der Waals surface area contributed by atoms with Crippen LogP contribution in [-0.2, 0) is 11.2 Å². The normalized spacial score (nSPS) is 15.5. The first-order valence-electron chi connectivity index (χ1n) is 10.4. The molecule has 0 fully saturated rings. The van der Waals surface area contributed by atoms with Crippen molar-refractivity contribution in [3.63, 3.8) is 0 Å². The van der Waals surface area contributed by atoms with E-state index in [-0.39, 0.29) is 11.8 Å². The average Bonchev–Trinajstić information content (AvgIpc) is 3.19. The highest BCUT2D eigenvalue weighted by Gasteiger charge is 2.34. The molecule has 5 rings (SSSR count). The smallest absolute Gasteiger partial charge is 0.226 e. The Kier molecular flexibility index (Phi) is 4.68. The predicted molar refractivity (Wildman–Crippen MR) is 120 cm³/mol. The highest BCUT2D eigenvalue weighted by Crippen LogP contribution is 2.43. The van der Waals surface area contributed by atoms with E-state index in [1.807, 2.05) is 53.2 Å². The summed E-state index contributed by atoms with van der Waals surface area (Å²) < 4.78 is 1.86. The zero-order valence-corrected chi connectivity index (χ0v) is 16.9. The van der Waals surface area contributed by atoms with E-state index in [1.54, 1.807) is 0 Å². The van der Waals surface area contributed by atoms with Crippen LogP contribution in [0.15, 0.2) is 84.9 Å². The molecule has 3 aromatic carbocycles. The molecule has 4 aromatic rings. The summed E-state index contributed by atoms with van der Waals surface area (Å²) in [6.45, 7) is 2.15. The van der Waals surface area contributed by atoms with Gasteiger partial charge in [0.2, 0.25) is 5.91 Å². The van der Waals surface area contributed by atoms with Gasteiger partial charge < -0.3 is 5.32 Å². The van der Waals surface area contributed by atoms with Gasteiger partial charge in [-0.15, -0.1) is 0 Å². The lowest BCUT2D eigenvalue weighted by Crippen LogP contribution is -2.24. The largest absolute Gasteiger partial charge is 0.310 e. The maximum Gasteiger partial charge on any atom is 0.226 e. The van der Waals surface area contributed by atoms with Crippen LogP contribution in [0.4, 0.5) is 5.82 Å². The van der Waals surface area contributed by atoms with Gasteiger partial charge in [-0.1, -0.05) is 79.7 Å². The fraction of sp³-hybridized carbons (Fsp3) is 0.154. The van der Waals surface area contributed by atoms with Crippen molar-refractivity contribution in [2.75, 3.05) is 5.32 Å². The molecule has 1 amide bonds. The van der Waals surface area contributed by atoms with Crippen LogP contribution in [0.2, 0.25) is 0 Å². The predicted octanol–water partition coefficient (Wildman–Crippen LogP) is 5.58. The Morgan fingerprint density at radius 2 is 1.60 bits per heavy atom. The van der Waals surface area contributed by atoms with Crippen molar-refractivity contribution in [3.8, 4) is 16.9 Å². The molecular weight excluding hydrogens is 370 g/mol. The van der Waals surface area contributed by atoms with E-state index in [4.69, 9.17) is 5.10 Å². The molecule has 30 heavy (non-hydrogen) atoms. The summed E-state index contributed by atoms with van der Waals surface area (Å²) in [5, 5.41) is 8.08. The molecule has 1 aliphatic heterocycles. The van der Waals surface area contributed by atoms with Gasteiger partial charge in [0.15, 0.2) is 0 Å². The topological polar surface area (TPSA) is 46.9 Å². The first-order chi connectivity index (χ1) is 14.7. The van der Waals surface area contributed by atoms with E-state index in [0.717, 1.165) is 40.3 Å². The van der Waals surface area contributed by atoms with E-state index in [1.165, 1.54) is 5.56 Å². The Labute approximate surface area is 176 Å². The van der Waals surface area contributed by atoms with Crippen LogP contribution in [0.25, 0.3) is 16.9 Å². The molecule has 2 heterocycles. The number of amides is 1. The SMILES string of the molecule is CCc1ccc([C@@H]2CC(=O)Nc3c2c(-c2ccccc2)nn3-c2ccccc2)cc1. The third-order valence-electron chi connectivity index (χ3n) is 5.76. The molecule has 1 N–H and O–H groups in total. The van der Waals surface area contributed by atoms with E-state index < -0.39 is 0 Å². The number of fused-ring (bicyclic) bond motifs is 1. The summed E-state index contributed by atoms with van der Waals surface area (Å²) in [5.74, 6) is 0.747. The summed E-state index contributed by atoms with van der Waals surface area (Å²) >= 11 is 0. The summed E-state index contributed by atoms with van der Waals surface area (Å²) in [5.41, 5.74) is 6.41. The van der Waals surface area contributed by atoms with Crippen molar-refractivity contribution in [2.45, 2.75) is 25.7 Å². The molecule has 4 nitrogen and oxygen atoms in total. The summed E-state index contributed by atoms with van der Waals surface area (Å²) in [4.78, 5) is 12.7. The number of para-hydroxylation sites is 1. The van der Waals surface area contributed by atoms with E-state index in [9.17, 15) is 4.79 Å². The van der Waals surface area contributed by atoms with Gasteiger partial charge >= 0.3 is 0 Å².